The molecule has 0 saturated carbocycles. The van der Waals surface area contributed by atoms with Crippen LogP contribution in [0, 0.1) is 5.92 Å². The lowest BCUT2D eigenvalue weighted by atomic mass is 10.0. The molecule has 0 radical (unpaired) electrons. The van der Waals surface area contributed by atoms with Crippen molar-refractivity contribution in [3.8, 4) is 11.6 Å². The first kappa shape index (κ1) is 16.6. The second-order valence-electron chi connectivity index (χ2n) is 6.43. The first-order valence-electron chi connectivity index (χ1n) is 8.45. The van der Waals surface area contributed by atoms with Gasteiger partial charge >= 0.3 is 0 Å². The number of fused-ring (bicyclic) bond motifs is 6. The van der Waals surface area contributed by atoms with Crippen LogP contribution >= 0.6 is 0 Å². The van der Waals surface area contributed by atoms with E-state index in [2.05, 4.69) is 4.98 Å². The Bertz CT molecular complexity index is 863. The van der Waals surface area contributed by atoms with Crippen LogP contribution in [0.2, 0.25) is 0 Å². The third-order valence-electron chi connectivity index (χ3n) is 4.57. The number of primary amides is 1. The second kappa shape index (κ2) is 6.80. The average molecular weight is 357 g/mol. The second-order valence-corrected chi connectivity index (χ2v) is 6.43. The molecule has 3 aliphatic rings. The highest BCUT2D eigenvalue weighted by atomic mass is 16.5. The van der Waals surface area contributed by atoms with Crippen molar-refractivity contribution in [1.29, 1.82) is 0 Å². The molecule has 5 rings (SSSR count). The molecule has 0 atom stereocenters. The van der Waals surface area contributed by atoms with Gasteiger partial charge in [-0.2, -0.15) is 0 Å². The Morgan fingerprint density at radius 2 is 2.08 bits per heavy atom. The van der Waals surface area contributed by atoms with Gasteiger partial charge in [0.1, 0.15) is 19.0 Å². The van der Waals surface area contributed by atoms with Crippen molar-refractivity contribution < 1.29 is 23.8 Å². The number of amides is 2. The van der Waals surface area contributed by atoms with E-state index in [1.807, 2.05) is 0 Å². The minimum atomic E-state index is -0.580. The number of nitrogens with two attached hydrogens (primary N) is 1. The van der Waals surface area contributed by atoms with E-state index in [9.17, 15) is 9.59 Å². The average Bonchev–Trinajstić information content (AvgIpc) is 2.59. The molecule has 0 spiro atoms. The van der Waals surface area contributed by atoms with E-state index < -0.39 is 5.91 Å². The van der Waals surface area contributed by atoms with Gasteiger partial charge in [-0.25, -0.2) is 4.98 Å². The van der Waals surface area contributed by atoms with Crippen LogP contribution in [-0.2, 0) is 9.53 Å². The molecular formula is C18H19N3O5. The van der Waals surface area contributed by atoms with Gasteiger partial charge in [-0.05, 0) is 23.6 Å². The SMILES string of the molecule is NC(=O)c1cc2ccnc3c2cc1OCCOCC(=O)N1CC(CO3)C1. The zero-order chi connectivity index (χ0) is 18.1. The lowest BCUT2D eigenvalue weighted by Gasteiger charge is -2.38. The first-order chi connectivity index (χ1) is 12.6. The summed E-state index contributed by atoms with van der Waals surface area (Å²) in [6, 6.07) is 5.18. The van der Waals surface area contributed by atoms with Crippen molar-refractivity contribution in [3.63, 3.8) is 0 Å². The number of hydrogen-bond donors (Lipinski definition) is 1. The highest BCUT2D eigenvalue weighted by Crippen LogP contribution is 2.31. The van der Waals surface area contributed by atoms with E-state index in [-0.39, 0.29) is 37.2 Å². The molecule has 4 bridgehead atoms. The topological polar surface area (TPSA) is 104 Å². The van der Waals surface area contributed by atoms with Crippen molar-refractivity contribution in [3.05, 3.63) is 30.0 Å². The Hall–Kier alpha value is -2.87. The number of carbonyl (C=O) groups is 2. The van der Waals surface area contributed by atoms with Crippen molar-refractivity contribution in [2.45, 2.75) is 0 Å². The summed E-state index contributed by atoms with van der Waals surface area (Å²) in [5, 5.41) is 1.54. The summed E-state index contributed by atoms with van der Waals surface area (Å²) in [5.41, 5.74) is 5.76. The number of benzene rings is 1. The van der Waals surface area contributed by atoms with Gasteiger partial charge in [-0.1, -0.05) is 0 Å². The molecule has 2 N–H and O–H groups in total. The van der Waals surface area contributed by atoms with E-state index in [0.29, 0.717) is 31.3 Å². The van der Waals surface area contributed by atoms with Gasteiger partial charge in [0.15, 0.2) is 0 Å². The summed E-state index contributed by atoms with van der Waals surface area (Å²) >= 11 is 0. The monoisotopic (exact) mass is 357 g/mol. The third-order valence-corrected chi connectivity index (χ3v) is 4.57. The number of carbonyl (C=O) groups excluding carboxylic acids is 2. The Morgan fingerprint density at radius 1 is 1.23 bits per heavy atom. The number of aromatic nitrogens is 1. The molecular weight excluding hydrogens is 338 g/mol. The number of hydrogen-bond acceptors (Lipinski definition) is 6. The maximum atomic E-state index is 12.0. The molecule has 1 saturated heterocycles. The molecule has 2 aromatic rings. The molecule has 26 heavy (non-hydrogen) atoms. The molecule has 8 nitrogen and oxygen atoms in total. The van der Waals surface area contributed by atoms with E-state index in [1.165, 1.54) is 0 Å². The number of pyridine rings is 1. The molecule has 136 valence electrons. The van der Waals surface area contributed by atoms with Crippen LogP contribution in [0.15, 0.2) is 24.4 Å². The molecule has 1 aromatic heterocycles. The Labute approximate surface area is 149 Å². The van der Waals surface area contributed by atoms with Crippen LogP contribution in [0.4, 0.5) is 0 Å². The van der Waals surface area contributed by atoms with Gasteiger partial charge in [0.2, 0.25) is 11.8 Å². The van der Waals surface area contributed by atoms with Crippen molar-refractivity contribution in [2.75, 3.05) is 39.5 Å². The highest BCUT2D eigenvalue weighted by Gasteiger charge is 2.31. The molecule has 0 unspecified atom stereocenters. The van der Waals surface area contributed by atoms with Gasteiger partial charge in [0, 0.05) is 30.6 Å². The van der Waals surface area contributed by atoms with Crippen LogP contribution in [0.3, 0.4) is 0 Å². The predicted octanol–water partition coefficient (Wildman–Crippen LogP) is 0.580. The lowest BCUT2D eigenvalue weighted by molar-refractivity contribution is -0.143. The van der Waals surface area contributed by atoms with E-state index in [0.717, 1.165) is 10.8 Å². The first-order valence-corrected chi connectivity index (χ1v) is 8.45. The van der Waals surface area contributed by atoms with E-state index in [4.69, 9.17) is 19.9 Å². The number of nitrogens with zero attached hydrogens (tertiary/aromatic N) is 2. The largest absolute Gasteiger partial charge is 0.490 e. The lowest BCUT2D eigenvalue weighted by Crippen LogP contribution is -2.53. The minimum Gasteiger partial charge on any atom is -0.490 e. The Balaban J connectivity index is 1.69. The minimum absolute atomic E-state index is 0.0143. The van der Waals surface area contributed by atoms with E-state index in [1.54, 1.807) is 29.3 Å². The highest BCUT2D eigenvalue weighted by molar-refractivity contribution is 6.01. The van der Waals surface area contributed by atoms with Crippen LogP contribution in [0.1, 0.15) is 10.4 Å². The molecule has 1 fully saturated rings. The fraction of sp³-hybridized carbons (Fsp3) is 0.389. The maximum Gasteiger partial charge on any atom is 0.252 e. The normalized spacial score (nSPS) is 18.5. The third kappa shape index (κ3) is 3.15. The zero-order valence-corrected chi connectivity index (χ0v) is 14.1. The van der Waals surface area contributed by atoms with Gasteiger partial charge in [-0.3, -0.25) is 9.59 Å². The predicted molar refractivity (Wildman–Crippen MR) is 92.1 cm³/mol. The summed E-state index contributed by atoms with van der Waals surface area (Å²) in [6.45, 7) is 2.21. The number of rotatable bonds is 1. The fourth-order valence-corrected chi connectivity index (χ4v) is 3.14. The Kier molecular flexibility index (Phi) is 4.34. The molecule has 4 heterocycles. The van der Waals surface area contributed by atoms with Gasteiger partial charge in [0.25, 0.3) is 5.91 Å². The van der Waals surface area contributed by atoms with Crippen LogP contribution in [0.25, 0.3) is 10.8 Å². The van der Waals surface area contributed by atoms with Gasteiger partial charge in [-0.15, -0.1) is 0 Å². The van der Waals surface area contributed by atoms with Crippen LogP contribution in [0.5, 0.6) is 11.6 Å². The standard InChI is InChI=1S/C18H19N3O5/c19-17(23)14-5-12-1-2-20-18-13(12)6-15(14)25-4-3-24-10-16(22)21-7-11(8-21)9-26-18/h1-2,5-6,11H,3-4,7-10H2,(H2,19,23). The summed E-state index contributed by atoms with van der Waals surface area (Å²) in [4.78, 5) is 29.8. The Morgan fingerprint density at radius 3 is 2.88 bits per heavy atom. The molecule has 8 heteroatoms. The molecule has 0 aliphatic carbocycles. The maximum absolute atomic E-state index is 12.0. The molecule has 3 aliphatic heterocycles. The summed E-state index contributed by atoms with van der Waals surface area (Å²) < 4.78 is 16.9. The van der Waals surface area contributed by atoms with Crippen molar-refractivity contribution >= 4 is 22.6 Å². The summed E-state index contributed by atoms with van der Waals surface area (Å²) in [6.07, 6.45) is 1.63. The fourth-order valence-electron chi connectivity index (χ4n) is 3.14. The zero-order valence-electron chi connectivity index (χ0n) is 14.1. The van der Waals surface area contributed by atoms with Crippen molar-refractivity contribution in [1.82, 2.24) is 9.88 Å². The van der Waals surface area contributed by atoms with E-state index >= 15 is 0 Å². The van der Waals surface area contributed by atoms with Gasteiger partial charge in [0.05, 0.1) is 18.8 Å². The van der Waals surface area contributed by atoms with Crippen LogP contribution in [-0.4, -0.2) is 61.2 Å². The smallest absolute Gasteiger partial charge is 0.252 e. The number of ether oxygens (including phenoxy) is 3. The molecule has 2 amide bonds. The quantitative estimate of drug-likeness (QED) is 0.801. The summed E-state index contributed by atoms with van der Waals surface area (Å²) in [5.74, 6) is 0.459. The molecule has 1 aromatic carbocycles. The van der Waals surface area contributed by atoms with Crippen LogP contribution < -0.4 is 15.2 Å². The van der Waals surface area contributed by atoms with Crippen molar-refractivity contribution in [2.24, 2.45) is 11.7 Å². The van der Waals surface area contributed by atoms with Gasteiger partial charge < -0.3 is 24.8 Å². The summed E-state index contributed by atoms with van der Waals surface area (Å²) in [7, 11) is 0.